The van der Waals surface area contributed by atoms with Crippen molar-refractivity contribution in [3.63, 3.8) is 0 Å². The summed E-state index contributed by atoms with van der Waals surface area (Å²) >= 11 is 0. The van der Waals surface area contributed by atoms with Gasteiger partial charge in [0.1, 0.15) is 0 Å². The molecule has 1 aromatic heterocycles. The molecule has 1 N–H and O–H groups in total. The van der Waals surface area contributed by atoms with E-state index in [-0.39, 0.29) is 30.5 Å². The lowest BCUT2D eigenvalue weighted by Gasteiger charge is -2.57. The van der Waals surface area contributed by atoms with Gasteiger partial charge in [-0.25, -0.2) is 0 Å². The maximum Gasteiger partial charge on any atom is 0.222 e. The van der Waals surface area contributed by atoms with Gasteiger partial charge in [-0.05, 0) is 42.1 Å². The second kappa shape index (κ2) is 8.41. The molecule has 0 saturated carbocycles. The molecule has 0 aliphatic carbocycles. The molecule has 1 aromatic carbocycles. The highest BCUT2D eigenvalue weighted by atomic mass is 16.3. The number of aliphatic hydroxyl groups is 1. The monoisotopic (exact) mass is 379 g/mol. The summed E-state index contributed by atoms with van der Waals surface area (Å²) in [5, 5.41) is 10.0. The van der Waals surface area contributed by atoms with Crippen LogP contribution in [0.2, 0.25) is 0 Å². The van der Waals surface area contributed by atoms with E-state index in [0.717, 1.165) is 43.6 Å². The fourth-order valence-corrected chi connectivity index (χ4v) is 4.82. The van der Waals surface area contributed by atoms with Crippen molar-refractivity contribution in [2.75, 3.05) is 26.2 Å². The number of benzene rings is 1. The van der Waals surface area contributed by atoms with Gasteiger partial charge >= 0.3 is 0 Å². The van der Waals surface area contributed by atoms with Crippen molar-refractivity contribution in [3.8, 4) is 11.1 Å². The van der Waals surface area contributed by atoms with Gasteiger partial charge in [-0.2, -0.15) is 0 Å². The molecule has 2 saturated heterocycles. The molecule has 2 fully saturated rings. The smallest absolute Gasteiger partial charge is 0.222 e. The van der Waals surface area contributed by atoms with Gasteiger partial charge in [-0.3, -0.25) is 14.7 Å². The van der Waals surface area contributed by atoms with Gasteiger partial charge in [0, 0.05) is 49.9 Å². The van der Waals surface area contributed by atoms with Crippen LogP contribution in [0.1, 0.15) is 37.7 Å². The van der Waals surface area contributed by atoms with E-state index in [1.54, 1.807) is 6.20 Å². The molecule has 3 atom stereocenters. The molecule has 2 aliphatic heterocycles. The molecule has 1 amide bonds. The highest BCUT2D eigenvalue weighted by Gasteiger charge is 2.49. The standard InChI is InChI=1S/C23H29N3O2/c1-2-22(28)25-12-3-4-13-26-20(15-25)23(21(26)16-27)18-9-7-17(8-10-18)19-6-5-11-24-14-19/h5-11,14,20-21,23,27H,2-4,12-13,15-16H2,1H3/t20-,21-,23-/m0/s1. The van der Waals surface area contributed by atoms with E-state index in [1.165, 1.54) is 5.56 Å². The van der Waals surface area contributed by atoms with Crippen LogP contribution in [-0.2, 0) is 4.79 Å². The van der Waals surface area contributed by atoms with Crippen LogP contribution in [0, 0.1) is 0 Å². The predicted octanol–water partition coefficient (Wildman–Crippen LogP) is 2.91. The van der Waals surface area contributed by atoms with Crippen LogP contribution in [-0.4, -0.2) is 64.1 Å². The molecule has 148 valence electrons. The maximum absolute atomic E-state index is 12.4. The van der Waals surface area contributed by atoms with Crippen LogP contribution in [0.5, 0.6) is 0 Å². The SMILES string of the molecule is CCC(=O)N1CCCCN2[C@@H](CO)[C@@H](c3ccc(-c4cccnc4)cc3)[C@@H]2C1. The number of hydrogen-bond acceptors (Lipinski definition) is 4. The number of aromatic nitrogens is 1. The van der Waals surface area contributed by atoms with Crippen LogP contribution in [0.25, 0.3) is 11.1 Å². The predicted molar refractivity (Wildman–Crippen MR) is 110 cm³/mol. The van der Waals surface area contributed by atoms with Crippen LogP contribution in [0.4, 0.5) is 0 Å². The summed E-state index contributed by atoms with van der Waals surface area (Å²) in [4.78, 5) is 21.0. The van der Waals surface area contributed by atoms with Crippen LogP contribution >= 0.6 is 0 Å². The van der Waals surface area contributed by atoms with Crippen molar-refractivity contribution in [1.29, 1.82) is 0 Å². The highest BCUT2D eigenvalue weighted by molar-refractivity contribution is 5.76. The zero-order valence-electron chi connectivity index (χ0n) is 16.5. The first-order valence-electron chi connectivity index (χ1n) is 10.4. The maximum atomic E-state index is 12.4. The van der Waals surface area contributed by atoms with Gasteiger partial charge in [0.15, 0.2) is 0 Å². The third-order valence-corrected chi connectivity index (χ3v) is 6.32. The van der Waals surface area contributed by atoms with E-state index < -0.39 is 0 Å². The molecular weight excluding hydrogens is 350 g/mol. The lowest BCUT2D eigenvalue weighted by molar-refractivity contribution is -0.136. The first-order chi connectivity index (χ1) is 13.7. The minimum atomic E-state index is 0.144. The number of amides is 1. The van der Waals surface area contributed by atoms with Crippen LogP contribution < -0.4 is 0 Å². The van der Waals surface area contributed by atoms with E-state index in [9.17, 15) is 9.90 Å². The lowest BCUT2D eigenvalue weighted by atomic mass is 9.74. The van der Waals surface area contributed by atoms with Crippen molar-refractivity contribution in [2.45, 2.75) is 44.2 Å². The summed E-state index contributed by atoms with van der Waals surface area (Å²) in [6.45, 7) is 4.72. The van der Waals surface area contributed by atoms with Gasteiger partial charge in [0.25, 0.3) is 0 Å². The van der Waals surface area contributed by atoms with Gasteiger partial charge < -0.3 is 10.0 Å². The largest absolute Gasteiger partial charge is 0.395 e. The van der Waals surface area contributed by atoms with Crippen LogP contribution in [0.3, 0.4) is 0 Å². The number of hydrogen-bond donors (Lipinski definition) is 1. The molecule has 2 aromatic rings. The molecule has 0 spiro atoms. The summed E-state index contributed by atoms with van der Waals surface area (Å²) in [6, 6.07) is 13.1. The fourth-order valence-electron chi connectivity index (χ4n) is 4.82. The van der Waals surface area contributed by atoms with E-state index >= 15 is 0 Å². The minimum absolute atomic E-state index is 0.144. The zero-order valence-corrected chi connectivity index (χ0v) is 16.5. The number of aliphatic hydroxyl groups excluding tert-OH is 1. The van der Waals surface area contributed by atoms with Gasteiger partial charge in [-0.1, -0.05) is 37.3 Å². The summed E-state index contributed by atoms with van der Waals surface area (Å²) < 4.78 is 0. The van der Waals surface area contributed by atoms with Gasteiger partial charge in [0.2, 0.25) is 5.91 Å². The fraction of sp³-hybridized carbons (Fsp3) is 0.478. The Morgan fingerprint density at radius 3 is 2.61 bits per heavy atom. The Bertz CT molecular complexity index is 793. The molecular formula is C23H29N3O2. The number of carbonyl (C=O) groups excluding carboxylic acids is 1. The molecule has 3 heterocycles. The summed E-state index contributed by atoms with van der Waals surface area (Å²) in [6.07, 6.45) is 6.33. The van der Waals surface area contributed by atoms with Crippen molar-refractivity contribution in [1.82, 2.24) is 14.8 Å². The Hall–Kier alpha value is -2.24. The molecule has 2 aliphatic rings. The Balaban J connectivity index is 1.57. The molecule has 28 heavy (non-hydrogen) atoms. The number of rotatable bonds is 4. The number of carbonyl (C=O) groups is 1. The van der Waals surface area contributed by atoms with Crippen molar-refractivity contribution in [2.24, 2.45) is 0 Å². The first-order valence-corrected chi connectivity index (χ1v) is 10.4. The Morgan fingerprint density at radius 1 is 1.14 bits per heavy atom. The summed E-state index contributed by atoms with van der Waals surface area (Å²) in [7, 11) is 0. The van der Waals surface area contributed by atoms with E-state index in [2.05, 4.69) is 40.2 Å². The number of pyridine rings is 1. The molecule has 5 heteroatoms. The molecule has 4 rings (SSSR count). The number of nitrogens with zero attached hydrogens (tertiary/aromatic N) is 3. The van der Waals surface area contributed by atoms with E-state index in [1.807, 2.05) is 24.1 Å². The average molecular weight is 380 g/mol. The Labute approximate surface area is 167 Å². The molecule has 5 nitrogen and oxygen atoms in total. The van der Waals surface area contributed by atoms with Gasteiger partial charge in [-0.15, -0.1) is 0 Å². The van der Waals surface area contributed by atoms with Crippen molar-refractivity contribution < 1.29 is 9.90 Å². The second-order valence-corrected chi connectivity index (χ2v) is 7.85. The van der Waals surface area contributed by atoms with Gasteiger partial charge in [0.05, 0.1) is 6.61 Å². The molecule has 0 bridgehead atoms. The third kappa shape index (κ3) is 3.56. The quantitative estimate of drug-likeness (QED) is 0.887. The first kappa shape index (κ1) is 19.1. The van der Waals surface area contributed by atoms with Crippen LogP contribution in [0.15, 0.2) is 48.8 Å². The van der Waals surface area contributed by atoms with Crippen molar-refractivity contribution in [3.05, 3.63) is 54.4 Å². The topological polar surface area (TPSA) is 56.7 Å². The highest BCUT2D eigenvalue weighted by Crippen LogP contribution is 2.42. The normalized spacial score (nSPS) is 25.4. The number of fused-ring (bicyclic) bond motifs is 1. The zero-order chi connectivity index (χ0) is 19.5. The minimum Gasteiger partial charge on any atom is -0.395 e. The second-order valence-electron chi connectivity index (χ2n) is 7.85. The third-order valence-electron chi connectivity index (χ3n) is 6.32. The van der Waals surface area contributed by atoms with E-state index in [4.69, 9.17) is 0 Å². The van der Waals surface area contributed by atoms with Crippen molar-refractivity contribution >= 4 is 5.91 Å². The lowest BCUT2D eigenvalue weighted by Crippen LogP contribution is -2.67. The Kier molecular flexibility index (Phi) is 5.74. The Morgan fingerprint density at radius 2 is 1.93 bits per heavy atom. The molecule has 0 radical (unpaired) electrons. The van der Waals surface area contributed by atoms with E-state index in [0.29, 0.717) is 6.42 Å². The summed E-state index contributed by atoms with van der Waals surface area (Å²) in [5.74, 6) is 0.498. The summed E-state index contributed by atoms with van der Waals surface area (Å²) in [5.41, 5.74) is 3.50. The average Bonchev–Trinajstić information content (AvgIpc) is 2.73. The molecule has 0 unspecified atom stereocenters.